The summed E-state index contributed by atoms with van der Waals surface area (Å²) in [6, 6.07) is 16.2. The lowest BCUT2D eigenvalue weighted by Gasteiger charge is -2.34. The van der Waals surface area contributed by atoms with E-state index in [2.05, 4.69) is 0 Å². The summed E-state index contributed by atoms with van der Waals surface area (Å²) in [6.07, 6.45) is -4.39. The molecule has 1 saturated heterocycles. The Hall–Kier alpha value is -3.11. The van der Waals surface area contributed by atoms with Gasteiger partial charge in [-0.1, -0.05) is 36.4 Å². The highest BCUT2D eigenvalue weighted by atomic mass is 32.2. The minimum absolute atomic E-state index is 0.0598. The molecule has 1 amide bonds. The zero-order chi connectivity index (χ0) is 24.3. The number of nitrogens with zero attached hydrogens (tertiary/aromatic N) is 2. The lowest BCUT2D eigenvalue weighted by molar-refractivity contribution is -0.137. The number of alkyl halides is 3. The summed E-state index contributed by atoms with van der Waals surface area (Å²) in [5, 5.41) is 0. The Labute approximate surface area is 195 Å². The summed E-state index contributed by atoms with van der Waals surface area (Å²) in [5.74, 6) is -0.461. The molecule has 0 saturated carbocycles. The quantitative estimate of drug-likeness (QED) is 0.515. The van der Waals surface area contributed by atoms with Crippen LogP contribution in [0.15, 0.2) is 76.0 Å². The third kappa shape index (κ3) is 5.68. The number of sulfone groups is 1. The fourth-order valence-corrected chi connectivity index (χ4v) is 5.11. The number of hydrogen-bond donors (Lipinski definition) is 0. The van der Waals surface area contributed by atoms with E-state index >= 15 is 0 Å². The average molecular weight is 493 g/mol. The average Bonchev–Trinajstić information content (AvgIpc) is 3.27. The highest BCUT2D eigenvalue weighted by molar-refractivity contribution is 7.90. The number of hydrogen-bond acceptors (Lipinski definition) is 5. The standard InChI is InChI=1S/C24H23F3N2O4S/c25-24(26,27)19-6-4-5-18(15-19)16-28-11-13-29(14-12-28)23(30)22-10-9-20(33-22)17-34(31,32)21-7-2-1-3-8-21/h1-10,15H,11-14,16-17H2. The van der Waals surface area contributed by atoms with Gasteiger partial charge in [0, 0.05) is 32.7 Å². The van der Waals surface area contributed by atoms with Gasteiger partial charge in [-0.15, -0.1) is 0 Å². The summed E-state index contributed by atoms with van der Waals surface area (Å²) >= 11 is 0. The number of carbonyl (C=O) groups is 1. The molecule has 4 rings (SSSR count). The van der Waals surface area contributed by atoms with Crippen molar-refractivity contribution in [1.82, 2.24) is 9.80 Å². The van der Waals surface area contributed by atoms with Gasteiger partial charge in [0.1, 0.15) is 11.5 Å². The van der Waals surface area contributed by atoms with Gasteiger partial charge in [-0.05, 0) is 35.9 Å². The molecule has 1 aliphatic heterocycles. The summed E-state index contributed by atoms with van der Waals surface area (Å²) in [7, 11) is -3.60. The molecule has 0 atom stereocenters. The zero-order valence-corrected chi connectivity index (χ0v) is 19.0. The highest BCUT2D eigenvalue weighted by Gasteiger charge is 2.31. The van der Waals surface area contributed by atoms with E-state index in [9.17, 15) is 26.4 Å². The molecule has 0 spiro atoms. The number of benzene rings is 2. The second-order valence-electron chi connectivity index (χ2n) is 8.10. The first-order chi connectivity index (χ1) is 16.1. The first kappa shape index (κ1) is 24.0. The van der Waals surface area contributed by atoms with Crippen LogP contribution in [0.3, 0.4) is 0 Å². The second kappa shape index (κ2) is 9.63. The van der Waals surface area contributed by atoms with Gasteiger partial charge in [-0.2, -0.15) is 13.2 Å². The van der Waals surface area contributed by atoms with E-state index in [1.54, 1.807) is 29.2 Å². The Morgan fingerprint density at radius 2 is 1.62 bits per heavy atom. The van der Waals surface area contributed by atoms with Gasteiger partial charge in [0.15, 0.2) is 15.6 Å². The van der Waals surface area contributed by atoms with E-state index in [0.717, 1.165) is 12.1 Å². The van der Waals surface area contributed by atoms with Crippen molar-refractivity contribution in [3.8, 4) is 0 Å². The van der Waals surface area contributed by atoms with Crippen molar-refractivity contribution >= 4 is 15.7 Å². The van der Waals surface area contributed by atoms with Crippen molar-refractivity contribution < 1.29 is 30.8 Å². The molecule has 2 heterocycles. The van der Waals surface area contributed by atoms with E-state index in [0.29, 0.717) is 38.3 Å². The first-order valence-electron chi connectivity index (χ1n) is 10.7. The number of amides is 1. The van der Waals surface area contributed by atoms with Crippen LogP contribution >= 0.6 is 0 Å². The molecule has 0 aliphatic carbocycles. The molecule has 0 unspecified atom stereocenters. The van der Waals surface area contributed by atoms with Crippen LogP contribution in [0.2, 0.25) is 0 Å². The molecule has 2 aromatic carbocycles. The summed E-state index contributed by atoms with van der Waals surface area (Å²) < 4.78 is 69.4. The van der Waals surface area contributed by atoms with Crippen LogP contribution in [0, 0.1) is 0 Å². The van der Waals surface area contributed by atoms with Crippen molar-refractivity contribution in [2.24, 2.45) is 0 Å². The predicted molar refractivity (Wildman–Crippen MR) is 119 cm³/mol. The highest BCUT2D eigenvalue weighted by Crippen LogP contribution is 2.30. The summed E-state index contributed by atoms with van der Waals surface area (Å²) in [5.41, 5.74) is -0.119. The summed E-state index contributed by atoms with van der Waals surface area (Å²) in [6.45, 7) is 2.12. The van der Waals surface area contributed by atoms with Gasteiger partial charge in [-0.3, -0.25) is 9.69 Å². The van der Waals surface area contributed by atoms with Crippen LogP contribution in [-0.2, 0) is 28.3 Å². The van der Waals surface area contributed by atoms with E-state index < -0.39 is 21.6 Å². The van der Waals surface area contributed by atoms with Crippen LogP contribution < -0.4 is 0 Å². The number of furan rings is 1. The molecule has 1 aromatic heterocycles. The van der Waals surface area contributed by atoms with E-state index in [-0.39, 0.29) is 28.1 Å². The Morgan fingerprint density at radius 1 is 0.912 bits per heavy atom. The number of rotatable bonds is 6. The monoisotopic (exact) mass is 492 g/mol. The Kier molecular flexibility index (Phi) is 6.81. The van der Waals surface area contributed by atoms with Crippen molar-refractivity contribution in [2.45, 2.75) is 23.4 Å². The second-order valence-corrected chi connectivity index (χ2v) is 10.1. The minimum Gasteiger partial charge on any atom is -0.455 e. The van der Waals surface area contributed by atoms with E-state index in [1.807, 2.05) is 4.90 Å². The van der Waals surface area contributed by atoms with Crippen LogP contribution in [0.5, 0.6) is 0 Å². The van der Waals surface area contributed by atoms with E-state index in [4.69, 9.17) is 4.42 Å². The Balaban J connectivity index is 1.33. The third-order valence-electron chi connectivity index (χ3n) is 5.63. The molecule has 10 heteroatoms. The van der Waals surface area contributed by atoms with E-state index in [1.165, 1.54) is 30.3 Å². The van der Waals surface area contributed by atoms with Gasteiger partial charge in [0.25, 0.3) is 5.91 Å². The maximum Gasteiger partial charge on any atom is 0.416 e. The number of halogens is 3. The van der Waals surface area contributed by atoms with Gasteiger partial charge in [0.05, 0.1) is 10.5 Å². The van der Waals surface area contributed by atoms with Crippen LogP contribution in [0.1, 0.15) is 27.4 Å². The molecule has 3 aromatic rings. The fourth-order valence-electron chi connectivity index (χ4n) is 3.84. The van der Waals surface area contributed by atoms with Crippen LogP contribution in [0.4, 0.5) is 13.2 Å². The molecule has 1 aliphatic rings. The number of piperazine rings is 1. The molecule has 0 radical (unpaired) electrons. The van der Waals surface area contributed by atoms with Crippen LogP contribution in [0.25, 0.3) is 0 Å². The number of carbonyl (C=O) groups excluding carboxylic acids is 1. The topological polar surface area (TPSA) is 70.8 Å². The zero-order valence-electron chi connectivity index (χ0n) is 18.2. The Bertz CT molecular complexity index is 1250. The maximum atomic E-state index is 12.9. The fraction of sp³-hybridized carbons (Fsp3) is 0.292. The molecular formula is C24H23F3N2O4S. The molecule has 34 heavy (non-hydrogen) atoms. The molecule has 180 valence electrons. The maximum absolute atomic E-state index is 12.9. The van der Waals surface area contributed by atoms with Crippen molar-refractivity contribution in [1.29, 1.82) is 0 Å². The minimum atomic E-state index is -4.39. The van der Waals surface area contributed by atoms with Gasteiger partial charge in [0.2, 0.25) is 0 Å². The molecule has 6 nitrogen and oxygen atoms in total. The first-order valence-corrected chi connectivity index (χ1v) is 12.3. The Morgan fingerprint density at radius 3 is 2.29 bits per heavy atom. The smallest absolute Gasteiger partial charge is 0.416 e. The van der Waals surface area contributed by atoms with Gasteiger partial charge < -0.3 is 9.32 Å². The van der Waals surface area contributed by atoms with Crippen molar-refractivity contribution in [3.63, 3.8) is 0 Å². The molecular weight excluding hydrogens is 469 g/mol. The lowest BCUT2D eigenvalue weighted by atomic mass is 10.1. The largest absolute Gasteiger partial charge is 0.455 e. The third-order valence-corrected chi connectivity index (χ3v) is 7.28. The molecule has 0 bridgehead atoms. The molecule has 1 fully saturated rings. The normalized spacial score (nSPS) is 15.4. The SMILES string of the molecule is O=C(c1ccc(CS(=O)(=O)c2ccccc2)o1)N1CCN(Cc2cccc(C(F)(F)F)c2)CC1. The lowest BCUT2D eigenvalue weighted by Crippen LogP contribution is -2.48. The molecule has 0 N–H and O–H groups in total. The van der Waals surface area contributed by atoms with Crippen LogP contribution in [-0.4, -0.2) is 50.3 Å². The summed E-state index contributed by atoms with van der Waals surface area (Å²) in [4.78, 5) is 16.6. The van der Waals surface area contributed by atoms with Crippen molar-refractivity contribution in [3.05, 3.63) is 89.4 Å². The van der Waals surface area contributed by atoms with Gasteiger partial charge >= 0.3 is 6.18 Å². The predicted octanol–water partition coefficient (Wildman–Crippen LogP) is 4.23. The van der Waals surface area contributed by atoms with Crippen molar-refractivity contribution in [2.75, 3.05) is 26.2 Å². The van der Waals surface area contributed by atoms with Gasteiger partial charge in [-0.25, -0.2) is 8.42 Å².